The zero-order valence-electron chi connectivity index (χ0n) is 22.2. The predicted molar refractivity (Wildman–Crippen MR) is 134 cm³/mol. The lowest BCUT2D eigenvalue weighted by atomic mass is 9.69. The summed E-state index contributed by atoms with van der Waals surface area (Å²) < 4.78 is 106. The number of fused-ring (bicyclic) bond motifs is 1. The summed E-state index contributed by atoms with van der Waals surface area (Å²) in [5.41, 5.74) is -3.40. The van der Waals surface area contributed by atoms with Crippen LogP contribution in [0.5, 0.6) is 0 Å². The fourth-order valence-corrected chi connectivity index (χ4v) is 5.56. The lowest BCUT2D eigenvalue weighted by molar-refractivity contribution is -0.143. The van der Waals surface area contributed by atoms with Gasteiger partial charge in [-0.15, -0.1) is 0 Å². The normalized spacial score (nSPS) is 23.5. The lowest BCUT2D eigenvalue weighted by Crippen LogP contribution is -2.38. The maximum atomic E-state index is 13.7. The number of hydrogen-bond donors (Lipinski definition) is 0. The van der Waals surface area contributed by atoms with Crippen molar-refractivity contribution >= 4 is 11.9 Å². The number of likely N-dealkylation sites (tertiary alicyclic amines) is 1. The molecule has 2 aliphatic rings. The Hall–Kier alpha value is -3.24. The first kappa shape index (κ1) is 29.7. The molecule has 0 unspecified atom stereocenters. The van der Waals surface area contributed by atoms with Crippen molar-refractivity contribution < 1.29 is 45.0 Å². The highest BCUT2D eigenvalue weighted by Gasteiger charge is 2.48. The maximum absolute atomic E-state index is 13.7. The van der Waals surface area contributed by atoms with Crippen molar-refractivity contribution in [2.75, 3.05) is 13.1 Å². The number of nitrogens with zero attached hydrogens (tertiary/aromatic N) is 1. The fourth-order valence-electron chi connectivity index (χ4n) is 5.56. The monoisotopic (exact) mass is 573 g/mol. The Balaban J connectivity index is 1.64. The van der Waals surface area contributed by atoms with Crippen LogP contribution in [-0.4, -0.2) is 35.8 Å². The van der Waals surface area contributed by atoms with Crippen molar-refractivity contribution in [2.24, 2.45) is 11.8 Å². The van der Waals surface area contributed by atoms with E-state index in [0.29, 0.717) is 43.6 Å². The van der Waals surface area contributed by atoms with E-state index in [1.165, 1.54) is 12.1 Å². The van der Waals surface area contributed by atoms with E-state index in [4.69, 9.17) is 9.47 Å². The summed E-state index contributed by atoms with van der Waals surface area (Å²) in [5, 5.41) is 0. The van der Waals surface area contributed by atoms with Crippen LogP contribution in [0.4, 0.5) is 35.5 Å². The van der Waals surface area contributed by atoms with Crippen molar-refractivity contribution in [3.05, 3.63) is 77.1 Å². The van der Waals surface area contributed by atoms with Gasteiger partial charge in [-0.3, -0.25) is 0 Å². The Labute approximate surface area is 227 Å². The van der Waals surface area contributed by atoms with Crippen molar-refractivity contribution in [3.63, 3.8) is 0 Å². The van der Waals surface area contributed by atoms with E-state index >= 15 is 0 Å². The van der Waals surface area contributed by atoms with Crippen LogP contribution in [0.15, 0.2) is 49.0 Å². The van der Waals surface area contributed by atoms with Crippen LogP contribution >= 0.6 is 0 Å². The molecule has 0 spiro atoms. The maximum Gasteiger partial charge on any atom is 0.416 e. The molecular weight excluding hydrogens is 543 g/mol. The minimum atomic E-state index is -5.01. The summed E-state index contributed by atoms with van der Waals surface area (Å²) in [6, 6.07) is 6.90. The van der Waals surface area contributed by atoms with Crippen LogP contribution in [0, 0.1) is 17.7 Å². The highest BCUT2D eigenvalue weighted by Crippen LogP contribution is 2.48. The first-order valence-corrected chi connectivity index (χ1v) is 12.8. The molecule has 4 nitrogen and oxygen atoms in total. The lowest BCUT2D eigenvalue weighted by Gasteiger charge is -2.40. The number of benzene rings is 2. The Kier molecular flexibility index (Phi) is 7.90. The molecule has 1 heterocycles. The zero-order chi connectivity index (χ0) is 29.6. The van der Waals surface area contributed by atoms with Gasteiger partial charge >= 0.3 is 18.4 Å². The summed E-state index contributed by atoms with van der Waals surface area (Å²) >= 11 is 0. The summed E-state index contributed by atoms with van der Waals surface area (Å²) in [4.78, 5) is 14.4. The highest BCUT2D eigenvalue weighted by molar-refractivity contribution is 5.68. The molecule has 4 atom stereocenters. The Morgan fingerprint density at radius 3 is 2.00 bits per heavy atom. The molecule has 40 heavy (non-hydrogen) atoms. The molecule has 218 valence electrons. The third-order valence-electron chi connectivity index (χ3n) is 7.29. The van der Waals surface area contributed by atoms with E-state index < -0.39 is 58.6 Å². The Morgan fingerprint density at radius 2 is 1.48 bits per heavy atom. The van der Waals surface area contributed by atoms with Crippen molar-refractivity contribution in [1.29, 1.82) is 0 Å². The summed E-state index contributed by atoms with van der Waals surface area (Å²) in [5.74, 6) is -1.37. The summed E-state index contributed by atoms with van der Waals surface area (Å²) in [6.45, 7) is 9.66. The van der Waals surface area contributed by atoms with Crippen LogP contribution in [0.25, 0.3) is 5.76 Å². The fraction of sp³-hybridized carbons (Fsp3) is 0.483. The zero-order valence-corrected chi connectivity index (χ0v) is 22.2. The van der Waals surface area contributed by atoms with Crippen molar-refractivity contribution in [2.45, 2.75) is 63.6 Å². The third-order valence-corrected chi connectivity index (χ3v) is 7.29. The molecule has 2 aromatic rings. The van der Waals surface area contributed by atoms with Crippen molar-refractivity contribution in [3.8, 4) is 0 Å². The minimum absolute atomic E-state index is 0.0427. The molecule has 1 saturated carbocycles. The number of halogens is 7. The molecule has 1 amide bonds. The largest absolute Gasteiger partial charge is 0.490 e. The predicted octanol–water partition coefficient (Wildman–Crippen LogP) is 8.28. The number of hydrogen-bond acceptors (Lipinski definition) is 3. The molecule has 4 rings (SSSR count). The molecule has 0 bridgehead atoms. The molecule has 2 fully saturated rings. The molecule has 0 radical (unpaired) electrons. The topological polar surface area (TPSA) is 38.8 Å². The highest BCUT2D eigenvalue weighted by atomic mass is 19.4. The Bertz CT molecular complexity index is 1220. The average Bonchev–Trinajstić information content (AvgIpc) is 3.27. The number of carbonyl (C=O) groups excluding carboxylic acids is 1. The SMILES string of the molecule is C=C(O[C@@H]1CC[C@@H]2CN(C(=O)OC(C)(C)C)C[C@@H]2[C@H]1c1ccc(F)cc1)c1cc(C(F)(F)F)cc(C(F)(F)F)c1. The number of amides is 1. The standard InChI is InChI=1S/C29H30F7NO3/c1-16(19-11-20(28(31,32)33)13-21(12-19)29(34,35)36)39-24-10-7-18-14-37(26(38)40-27(2,3)4)15-23(18)25(24)17-5-8-22(30)9-6-17/h5-6,8-9,11-13,18,23-25H,1,7,10,14-15H2,2-4H3/t18-,23+,24-,25-/m1/s1. The van der Waals surface area contributed by atoms with Gasteiger partial charge in [0.1, 0.15) is 23.3 Å². The van der Waals surface area contributed by atoms with Gasteiger partial charge in [-0.2, -0.15) is 26.3 Å². The molecule has 1 saturated heterocycles. The van der Waals surface area contributed by atoms with Gasteiger partial charge in [-0.1, -0.05) is 18.7 Å². The molecular formula is C29H30F7NO3. The summed E-state index contributed by atoms with van der Waals surface area (Å²) in [7, 11) is 0. The number of carbonyl (C=O) groups is 1. The van der Waals surface area contributed by atoms with Crippen LogP contribution in [0.1, 0.15) is 61.8 Å². The van der Waals surface area contributed by atoms with E-state index in [-0.39, 0.29) is 23.7 Å². The molecule has 1 aliphatic heterocycles. The van der Waals surface area contributed by atoms with Gasteiger partial charge in [-0.05, 0) is 81.3 Å². The number of alkyl halides is 6. The smallest absolute Gasteiger partial charge is 0.416 e. The van der Waals surface area contributed by atoms with Crippen LogP contribution in [0.2, 0.25) is 0 Å². The molecule has 2 aromatic carbocycles. The van der Waals surface area contributed by atoms with E-state index in [1.807, 2.05) is 0 Å². The van der Waals surface area contributed by atoms with E-state index in [2.05, 4.69) is 6.58 Å². The second kappa shape index (κ2) is 10.6. The van der Waals surface area contributed by atoms with E-state index in [9.17, 15) is 35.5 Å². The van der Waals surface area contributed by atoms with Gasteiger partial charge in [0.15, 0.2) is 0 Å². The van der Waals surface area contributed by atoms with Gasteiger partial charge < -0.3 is 14.4 Å². The van der Waals surface area contributed by atoms with E-state index in [1.54, 1.807) is 37.8 Å². The molecule has 11 heteroatoms. The van der Waals surface area contributed by atoms with E-state index in [0.717, 1.165) is 0 Å². The summed E-state index contributed by atoms with van der Waals surface area (Å²) in [6.07, 6.45) is -10.2. The number of ether oxygens (including phenoxy) is 2. The second-order valence-electron chi connectivity index (χ2n) is 11.3. The van der Waals surface area contributed by atoms with Crippen LogP contribution in [-0.2, 0) is 21.8 Å². The minimum Gasteiger partial charge on any atom is -0.490 e. The molecule has 0 aromatic heterocycles. The average molecular weight is 574 g/mol. The van der Waals surface area contributed by atoms with Gasteiger partial charge in [-0.25, -0.2) is 9.18 Å². The van der Waals surface area contributed by atoms with Gasteiger partial charge in [0.05, 0.1) is 11.1 Å². The van der Waals surface area contributed by atoms with Crippen LogP contribution < -0.4 is 0 Å². The molecule has 0 N–H and O–H groups in total. The first-order valence-electron chi connectivity index (χ1n) is 12.8. The third kappa shape index (κ3) is 6.72. The molecule has 1 aliphatic carbocycles. The Morgan fingerprint density at radius 1 is 0.900 bits per heavy atom. The number of rotatable bonds is 4. The first-order chi connectivity index (χ1) is 18.4. The van der Waals surface area contributed by atoms with Gasteiger partial charge in [0.2, 0.25) is 0 Å². The quantitative estimate of drug-likeness (QED) is 0.273. The van der Waals surface area contributed by atoms with Crippen LogP contribution in [0.3, 0.4) is 0 Å². The van der Waals surface area contributed by atoms with Gasteiger partial charge in [0.25, 0.3) is 0 Å². The van der Waals surface area contributed by atoms with Gasteiger partial charge in [0, 0.05) is 24.6 Å². The van der Waals surface area contributed by atoms with Crippen molar-refractivity contribution in [1.82, 2.24) is 4.90 Å². The second-order valence-corrected chi connectivity index (χ2v) is 11.3.